The number of carbonyl (C=O) groups excluding carboxylic acids is 2. The number of nitrogens with zero attached hydrogens (tertiary/aromatic N) is 1. The lowest BCUT2D eigenvalue weighted by Crippen LogP contribution is -2.50. The van der Waals surface area contributed by atoms with Crippen LogP contribution in [-0.4, -0.2) is 29.3 Å². The van der Waals surface area contributed by atoms with Crippen molar-refractivity contribution in [2.75, 3.05) is 6.54 Å². The molecule has 0 aliphatic heterocycles. The van der Waals surface area contributed by atoms with Crippen LogP contribution in [0.5, 0.6) is 0 Å². The van der Waals surface area contributed by atoms with Crippen molar-refractivity contribution in [2.24, 2.45) is 0 Å². The molecule has 3 aromatic rings. The van der Waals surface area contributed by atoms with Gasteiger partial charge in [0.05, 0.1) is 16.5 Å². The number of halogens is 2. The Morgan fingerprint density at radius 2 is 1.61 bits per heavy atom. The van der Waals surface area contributed by atoms with Crippen molar-refractivity contribution in [3.8, 4) is 0 Å². The summed E-state index contributed by atoms with van der Waals surface area (Å²) in [6.07, 6.45) is 0.541. The maximum absolute atomic E-state index is 13.6. The maximum Gasteiger partial charge on any atom is 0.243 e. The van der Waals surface area contributed by atoms with E-state index < -0.39 is 6.04 Å². The van der Waals surface area contributed by atoms with Crippen molar-refractivity contribution in [1.29, 1.82) is 0 Å². The van der Waals surface area contributed by atoms with Gasteiger partial charge in [0, 0.05) is 19.5 Å². The summed E-state index contributed by atoms with van der Waals surface area (Å²) >= 11 is 12.2. The first-order valence-electron chi connectivity index (χ1n) is 11.0. The summed E-state index contributed by atoms with van der Waals surface area (Å²) in [5.41, 5.74) is 3.81. The van der Waals surface area contributed by atoms with Crippen molar-refractivity contribution in [3.63, 3.8) is 0 Å². The summed E-state index contributed by atoms with van der Waals surface area (Å²) < 4.78 is 0. The van der Waals surface area contributed by atoms with Gasteiger partial charge in [-0.3, -0.25) is 9.59 Å². The molecule has 4 nitrogen and oxygen atoms in total. The first-order chi connectivity index (χ1) is 15.9. The van der Waals surface area contributed by atoms with Gasteiger partial charge < -0.3 is 10.2 Å². The van der Waals surface area contributed by atoms with Gasteiger partial charge in [0.15, 0.2) is 0 Å². The van der Waals surface area contributed by atoms with Crippen molar-refractivity contribution in [2.45, 2.75) is 39.3 Å². The predicted octanol–water partition coefficient (Wildman–Crippen LogP) is 5.62. The number of hydrogen-bond acceptors (Lipinski definition) is 2. The number of likely N-dealkylation sites (N-methyl/N-ethyl adjacent to an activating group) is 1. The second-order valence-corrected chi connectivity index (χ2v) is 8.85. The van der Waals surface area contributed by atoms with Crippen LogP contribution in [0.4, 0.5) is 0 Å². The molecule has 3 rings (SSSR count). The first kappa shape index (κ1) is 24.8. The fourth-order valence-corrected chi connectivity index (χ4v) is 4.10. The van der Waals surface area contributed by atoms with E-state index in [1.807, 2.05) is 68.4 Å². The summed E-state index contributed by atoms with van der Waals surface area (Å²) in [5.74, 6) is -0.321. The van der Waals surface area contributed by atoms with Gasteiger partial charge in [-0.1, -0.05) is 89.4 Å². The summed E-state index contributed by atoms with van der Waals surface area (Å²) in [5, 5.41) is 3.75. The molecular weight excluding hydrogens is 455 g/mol. The highest BCUT2D eigenvalue weighted by molar-refractivity contribution is 6.42. The third-order valence-corrected chi connectivity index (χ3v) is 6.14. The normalized spacial score (nSPS) is 11.6. The molecule has 2 amide bonds. The van der Waals surface area contributed by atoms with Crippen molar-refractivity contribution < 1.29 is 9.59 Å². The molecule has 0 fully saturated rings. The second kappa shape index (κ2) is 11.9. The number of carbonyl (C=O) groups is 2. The highest BCUT2D eigenvalue weighted by Gasteiger charge is 2.30. The molecule has 1 N–H and O–H groups in total. The zero-order valence-corrected chi connectivity index (χ0v) is 20.4. The number of amides is 2. The molecule has 6 heteroatoms. The highest BCUT2D eigenvalue weighted by atomic mass is 35.5. The molecule has 0 radical (unpaired) electrons. The van der Waals surface area contributed by atoms with Gasteiger partial charge in [0.2, 0.25) is 11.8 Å². The third kappa shape index (κ3) is 7.08. The SMILES string of the molecule is CCNC(=O)[C@H](Cc1ccccc1)N(Cc1cccc(C)c1)C(=O)Cc1ccc(Cl)c(Cl)c1. The maximum atomic E-state index is 13.6. The topological polar surface area (TPSA) is 49.4 Å². The van der Waals surface area contributed by atoms with Crippen LogP contribution in [0.25, 0.3) is 0 Å². The van der Waals surface area contributed by atoms with E-state index in [0.29, 0.717) is 29.6 Å². The van der Waals surface area contributed by atoms with E-state index in [1.165, 1.54) is 0 Å². The quantitative estimate of drug-likeness (QED) is 0.430. The smallest absolute Gasteiger partial charge is 0.243 e. The minimum absolute atomic E-state index is 0.118. The lowest BCUT2D eigenvalue weighted by Gasteiger charge is -2.31. The van der Waals surface area contributed by atoms with Crippen LogP contribution in [0.1, 0.15) is 29.2 Å². The Morgan fingerprint density at radius 3 is 2.27 bits per heavy atom. The van der Waals surface area contributed by atoms with E-state index in [4.69, 9.17) is 23.2 Å². The standard InChI is InChI=1S/C27H28Cl2N2O2/c1-3-30-27(33)25(16-20-9-5-4-6-10-20)31(18-22-11-7-8-19(2)14-22)26(32)17-21-12-13-23(28)24(29)15-21/h4-15,25H,3,16-18H2,1-2H3,(H,30,33)/t25-/m0/s1. The minimum atomic E-state index is -0.650. The van der Waals surface area contributed by atoms with Gasteiger partial charge >= 0.3 is 0 Å². The average molecular weight is 483 g/mol. The molecular formula is C27H28Cl2N2O2. The largest absolute Gasteiger partial charge is 0.355 e. The summed E-state index contributed by atoms with van der Waals surface area (Å²) in [7, 11) is 0. The summed E-state index contributed by atoms with van der Waals surface area (Å²) in [4.78, 5) is 28.4. The van der Waals surface area contributed by atoms with Crippen molar-refractivity contribution in [1.82, 2.24) is 10.2 Å². The molecule has 0 heterocycles. The molecule has 1 atom stereocenters. The van der Waals surface area contributed by atoms with Gasteiger partial charge in [-0.15, -0.1) is 0 Å². The predicted molar refractivity (Wildman–Crippen MR) is 135 cm³/mol. The van der Waals surface area contributed by atoms with E-state index in [2.05, 4.69) is 5.32 Å². The van der Waals surface area contributed by atoms with Gasteiger partial charge in [-0.05, 0) is 42.7 Å². The zero-order valence-electron chi connectivity index (χ0n) is 18.9. The number of rotatable bonds is 9. The monoisotopic (exact) mass is 482 g/mol. The van der Waals surface area contributed by atoms with E-state index in [1.54, 1.807) is 23.1 Å². The Bertz CT molecular complexity index is 1100. The van der Waals surface area contributed by atoms with Crippen LogP contribution in [0, 0.1) is 6.92 Å². The van der Waals surface area contributed by atoms with Crippen molar-refractivity contribution >= 4 is 35.0 Å². The van der Waals surface area contributed by atoms with Gasteiger partial charge in [-0.2, -0.15) is 0 Å². The molecule has 0 aromatic heterocycles. The minimum Gasteiger partial charge on any atom is -0.355 e. The van der Waals surface area contributed by atoms with Crippen LogP contribution in [0.3, 0.4) is 0 Å². The zero-order chi connectivity index (χ0) is 23.8. The van der Waals surface area contributed by atoms with E-state index >= 15 is 0 Å². The van der Waals surface area contributed by atoms with Gasteiger partial charge in [-0.25, -0.2) is 0 Å². The van der Waals surface area contributed by atoms with Gasteiger partial charge in [0.25, 0.3) is 0 Å². The Kier molecular flexibility index (Phi) is 8.93. The van der Waals surface area contributed by atoms with Crippen LogP contribution in [0.15, 0.2) is 72.8 Å². The molecule has 172 valence electrons. The highest BCUT2D eigenvalue weighted by Crippen LogP contribution is 2.24. The lowest BCUT2D eigenvalue weighted by atomic mass is 10.0. The van der Waals surface area contributed by atoms with E-state index in [0.717, 1.165) is 22.3 Å². The number of hydrogen-bond donors (Lipinski definition) is 1. The Morgan fingerprint density at radius 1 is 0.879 bits per heavy atom. The van der Waals surface area contributed by atoms with E-state index in [-0.39, 0.29) is 18.2 Å². The molecule has 0 unspecified atom stereocenters. The fraction of sp³-hybridized carbons (Fsp3) is 0.259. The number of nitrogens with one attached hydrogen (secondary N) is 1. The van der Waals surface area contributed by atoms with E-state index in [9.17, 15) is 9.59 Å². The van der Waals surface area contributed by atoms with Crippen LogP contribution in [-0.2, 0) is 29.0 Å². The Labute approximate surface area is 205 Å². The molecule has 3 aromatic carbocycles. The van der Waals surface area contributed by atoms with Gasteiger partial charge in [0.1, 0.15) is 6.04 Å². The number of aryl methyl sites for hydroxylation is 1. The van der Waals surface area contributed by atoms with Crippen molar-refractivity contribution in [3.05, 3.63) is 105 Å². The lowest BCUT2D eigenvalue weighted by molar-refractivity contribution is -0.140. The molecule has 33 heavy (non-hydrogen) atoms. The molecule has 0 bridgehead atoms. The molecule has 0 saturated carbocycles. The summed E-state index contributed by atoms with van der Waals surface area (Å²) in [6.45, 7) is 4.70. The molecule has 0 saturated heterocycles. The second-order valence-electron chi connectivity index (χ2n) is 8.04. The molecule has 0 spiro atoms. The average Bonchev–Trinajstić information content (AvgIpc) is 2.79. The third-order valence-electron chi connectivity index (χ3n) is 5.40. The fourth-order valence-electron chi connectivity index (χ4n) is 3.78. The first-order valence-corrected chi connectivity index (χ1v) is 11.7. The molecule has 0 aliphatic rings. The van der Waals surface area contributed by atoms with Crippen LogP contribution in [0.2, 0.25) is 10.0 Å². The Balaban J connectivity index is 1.96. The van der Waals surface area contributed by atoms with Crippen LogP contribution >= 0.6 is 23.2 Å². The van der Waals surface area contributed by atoms with Crippen LogP contribution < -0.4 is 5.32 Å². The molecule has 0 aliphatic carbocycles. The Hall–Kier alpha value is -2.82. The number of benzene rings is 3. The summed E-state index contributed by atoms with van der Waals surface area (Å²) in [6, 6.07) is 22.3.